The van der Waals surface area contributed by atoms with Gasteiger partial charge in [-0.15, -0.1) is 0 Å². The van der Waals surface area contributed by atoms with E-state index in [0.29, 0.717) is 3.43 Å². The van der Waals surface area contributed by atoms with Gasteiger partial charge in [0.2, 0.25) is 0 Å². The molecule has 0 aliphatic rings. The van der Waals surface area contributed by atoms with Crippen molar-refractivity contribution < 1.29 is 4.39 Å². The fourth-order valence-corrected chi connectivity index (χ4v) is 7.97. The Bertz CT molecular complexity index is 373. The Kier molecular flexibility index (Phi) is 9.53. The number of hydrogen-bond acceptors (Lipinski definition) is 1. The van der Waals surface area contributed by atoms with Crippen LogP contribution in [0.25, 0.3) is 0 Å². The van der Waals surface area contributed by atoms with E-state index in [2.05, 4.69) is 31.8 Å². The van der Waals surface area contributed by atoms with Crippen LogP contribution in [-0.2, 0) is 0 Å². The van der Waals surface area contributed by atoms with Crippen molar-refractivity contribution in [3.63, 3.8) is 0 Å². The third-order valence-electron chi connectivity index (χ3n) is 4.13. The molecule has 2 radical (unpaired) electrons. The van der Waals surface area contributed by atoms with Crippen molar-refractivity contribution in [1.82, 2.24) is 4.98 Å². The molecule has 0 aliphatic heterocycles. The van der Waals surface area contributed by atoms with Gasteiger partial charge in [0.25, 0.3) is 0 Å². The Morgan fingerprint density at radius 2 is 1.48 bits per heavy atom. The van der Waals surface area contributed by atoms with Crippen molar-refractivity contribution in [3.05, 3.63) is 24.1 Å². The van der Waals surface area contributed by atoms with Gasteiger partial charge in [0.05, 0.1) is 0 Å². The van der Waals surface area contributed by atoms with Crippen molar-refractivity contribution in [2.24, 2.45) is 0 Å². The number of aromatic nitrogens is 1. The second-order valence-electron chi connectivity index (χ2n) is 6.06. The molecule has 0 unspecified atom stereocenters. The molecular weight excluding hydrogens is 368 g/mol. The molecule has 1 aromatic rings. The van der Waals surface area contributed by atoms with Gasteiger partial charge in [-0.1, -0.05) is 0 Å². The Balaban J connectivity index is 2.88. The average molecular weight is 398 g/mol. The predicted octanol–water partition coefficient (Wildman–Crippen LogP) is 5.28. The van der Waals surface area contributed by atoms with E-state index in [1.807, 2.05) is 6.07 Å². The summed E-state index contributed by atoms with van der Waals surface area (Å²) in [6.45, 7) is 6.82. The van der Waals surface area contributed by atoms with Gasteiger partial charge in [0, 0.05) is 0 Å². The Morgan fingerprint density at radius 3 is 1.90 bits per heavy atom. The number of rotatable bonds is 11. The summed E-state index contributed by atoms with van der Waals surface area (Å²) in [5.74, 6) is -0.302. The maximum absolute atomic E-state index is 13.4. The molecule has 0 N–H and O–H groups in total. The van der Waals surface area contributed by atoms with Crippen LogP contribution in [0.4, 0.5) is 4.39 Å². The summed E-state index contributed by atoms with van der Waals surface area (Å²) < 4.78 is 15.0. The molecule has 0 amide bonds. The normalized spacial score (nSPS) is 11.8. The topological polar surface area (TPSA) is 12.9 Å². The summed E-state index contributed by atoms with van der Waals surface area (Å²) in [5.41, 5.74) is 0. The third kappa shape index (κ3) is 7.12. The third-order valence-corrected chi connectivity index (χ3v) is 9.32. The van der Waals surface area contributed by atoms with E-state index in [-0.39, 0.29) is 5.95 Å². The Morgan fingerprint density at radius 1 is 0.952 bits per heavy atom. The molecule has 0 fully saturated rings. The molecule has 1 heterocycles. The second kappa shape index (κ2) is 10.6. The molecule has 0 spiro atoms. The van der Waals surface area contributed by atoms with Crippen LogP contribution in [0, 0.1) is 5.95 Å². The first-order chi connectivity index (χ1) is 10.2. The summed E-state index contributed by atoms with van der Waals surface area (Å²) in [5, 5.41) is 0. The summed E-state index contributed by atoms with van der Waals surface area (Å²) in [6, 6.07) is 5.37. The van der Waals surface area contributed by atoms with Crippen LogP contribution in [0.1, 0.15) is 78.6 Å². The fraction of sp³-hybridized carbons (Fsp3) is 0.722. The van der Waals surface area contributed by atoms with Crippen molar-refractivity contribution in [1.29, 1.82) is 0 Å². The maximum atomic E-state index is 13.4. The van der Waals surface area contributed by atoms with Gasteiger partial charge in [0.15, 0.2) is 0 Å². The number of nitrogens with zero attached hydrogens (tertiary/aromatic N) is 1. The van der Waals surface area contributed by atoms with E-state index >= 15 is 0 Å². The summed E-state index contributed by atoms with van der Waals surface area (Å²) in [6.07, 6.45) is 11.7. The van der Waals surface area contributed by atoms with Crippen LogP contribution in [-0.4, -0.2) is 26.1 Å². The number of hydrogen-bond donors (Lipinski definition) is 0. The molecule has 0 saturated heterocycles. The van der Waals surface area contributed by atoms with Crippen molar-refractivity contribution in [2.75, 3.05) is 0 Å². The molecule has 1 rings (SSSR count). The first-order valence-electron chi connectivity index (χ1n) is 8.56. The van der Waals surface area contributed by atoms with Crippen LogP contribution < -0.4 is 3.71 Å². The van der Waals surface area contributed by atoms with Crippen LogP contribution in [0.3, 0.4) is 0 Å². The Hall–Kier alpha value is -0.121. The number of pyridine rings is 1. The summed E-state index contributed by atoms with van der Waals surface area (Å²) >= 11 is -0.868. The predicted molar refractivity (Wildman–Crippen MR) is 90.9 cm³/mol. The van der Waals surface area contributed by atoms with Crippen LogP contribution >= 0.6 is 0 Å². The van der Waals surface area contributed by atoms with Gasteiger partial charge >= 0.3 is 140 Å². The minimum atomic E-state index is -0.868. The van der Waals surface area contributed by atoms with Gasteiger partial charge in [-0.3, -0.25) is 0 Å². The van der Waals surface area contributed by atoms with Gasteiger partial charge in [0.1, 0.15) is 0 Å². The van der Waals surface area contributed by atoms with Crippen LogP contribution in [0.5, 0.6) is 0 Å². The van der Waals surface area contributed by atoms with E-state index in [1.54, 1.807) is 0 Å². The molecule has 1 aromatic heterocycles. The van der Waals surface area contributed by atoms with E-state index in [4.69, 9.17) is 0 Å². The standard InChI is InChI=1S/C13H27.C5H3FN.Sn/c1-4-7-10-13(11-8-5-2)12-9-6-3;6-5-3-1-2-4-7-5;/h4-12H2,1-3H3;1-3H;. The zero-order valence-electron chi connectivity index (χ0n) is 13.9. The second-order valence-corrected chi connectivity index (χ2v) is 11.3. The molecule has 3 heteroatoms. The monoisotopic (exact) mass is 399 g/mol. The molecule has 0 saturated carbocycles. The molecular formula is C18H30FNSn. The van der Waals surface area contributed by atoms with Gasteiger partial charge in [-0.05, 0) is 0 Å². The van der Waals surface area contributed by atoms with Gasteiger partial charge in [-0.2, -0.15) is 0 Å². The number of unbranched alkanes of at least 4 members (excludes halogenated alkanes) is 3. The molecule has 21 heavy (non-hydrogen) atoms. The number of halogens is 1. The van der Waals surface area contributed by atoms with Crippen molar-refractivity contribution in [3.8, 4) is 0 Å². The fourth-order valence-electron chi connectivity index (χ4n) is 2.86. The van der Waals surface area contributed by atoms with Crippen molar-refractivity contribution >= 4 is 24.9 Å². The van der Waals surface area contributed by atoms with E-state index in [9.17, 15) is 4.39 Å². The van der Waals surface area contributed by atoms with E-state index in [1.165, 1.54) is 63.9 Å². The van der Waals surface area contributed by atoms with E-state index in [0.717, 1.165) is 3.71 Å². The summed E-state index contributed by atoms with van der Waals surface area (Å²) in [4.78, 5) is 4.19. The molecule has 0 aromatic carbocycles. The molecule has 0 atom stereocenters. The Labute approximate surface area is 140 Å². The van der Waals surface area contributed by atoms with Gasteiger partial charge < -0.3 is 0 Å². The average Bonchev–Trinajstić information content (AvgIpc) is 2.48. The molecule has 0 bridgehead atoms. The first-order valence-corrected chi connectivity index (χ1v) is 11.4. The molecule has 0 aliphatic carbocycles. The van der Waals surface area contributed by atoms with E-state index < -0.39 is 21.1 Å². The zero-order chi connectivity index (χ0) is 15.6. The van der Waals surface area contributed by atoms with Crippen LogP contribution in [0.15, 0.2) is 18.2 Å². The molecule has 1 nitrogen and oxygen atoms in total. The molecule has 118 valence electrons. The quantitative estimate of drug-likeness (QED) is 0.365. The summed E-state index contributed by atoms with van der Waals surface area (Å²) in [7, 11) is 0. The minimum absolute atomic E-state index is 0.302. The SMILES string of the molecule is CCCC[C](CCCC)(CCCC)[Sn][c]1cccc(F)n1. The zero-order valence-corrected chi connectivity index (χ0v) is 16.8. The van der Waals surface area contributed by atoms with Gasteiger partial charge in [-0.25, -0.2) is 0 Å². The van der Waals surface area contributed by atoms with Crippen molar-refractivity contribution in [2.45, 2.75) is 82.0 Å². The van der Waals surface area contributed by atoms with Crippen LogP contribution in [0.2, 0.25) is 3.43 Å². The first kappa shape index (κ1) is 18.9.